The lowest BCUT2D eigenvalue weighted by atomic mass is 9.74. The molecule has 1 saturated heterocycles. The molecule has 3 heterocycles. The number of nitrogens with zero attached hydrogens (tertiary/aromatic N) is 3. The van der Waals surface area contributed by atoms with Gasteiger partial charge in [0, 0.05) is 43.0 Å². The van der Waals surface area contributed by atoms with Crippen LogP contribution in [-0.4, -0.2) is 59.3 Å². The topological polar surface area (TPSA) is 84.8 Å². The van der Waals surface area contributed by atoms with E-state index < -0.39 is 5.41 Å². The number of carbonyl (C=O) groups excluding carboxylic acids is 1. The zero-order chi connectivity index (χ0) is 17.4. The Morgan fingerprint density at radius 2 is 2.36 bits per heavy atom. The van der Waals surface area contributed by atoms with E-state index >= 15 is 0 Å². The molecule has 0 radical (unpaired) electrons. The van der Waals surface area contributed by atoms with Gasteiger partial charge in [-0.25, -0.2) is 4.98 Å². The third-order valence-corrected chi connectivity index (χ3v) is 5.14. The molecular formula is C18H19N3O4. The Kier molecular flexibility index (Phi) is 3.80. The van der Waals surface area contributed by atoms with Crippen molar-refractivity contribution in [2.45, 2.75) is 5.92 Å². The normalized spacial score (nSPS) is 24.2. The van der Waals surface area contributed by atoms with Gasteiger partial charge in [-0.3, -0.25) is 9.78 Å². The minimum Gasteiger partial charge on any atom is -0.497 e. The summed E-state index contributed by atoms with van der Waals surface area (Å²) in [6.07, 6.45) is 4.50. The van der Waals surface area contributed by atoms with Crippen LogP contribution in [0.3, 0.4) is 0 Å². The van der Waals surface area contributed by atoms with Gasteiger partial charge in [0.25, 0.3) is 5.91 Å². The first-order valence-electron chi connectivity index (χ1n) is 8.14. The van der Waals surface area contributed by atoms with Gasteiger partial charge >= 0.3 is 0 Å². The van der Waals surface area contributed by atoms with Crippen LogP contribution in [0.2, 0.25) is 0 Å². The summed E-state index contributed by atoms with van der Waals surface area (Å²) in [4.78, 5) is 22.5. The first-order chi connectivity index (χ1) is 12.2. The third kappa shape index (κ3) is 2.51. The number of methoxy groups -OCH3 is 1. The van der Waals surface area contributed by atoms with E-state index in [1.807, 2.05) is 18.2 Å². The van der Waals surface area contributed by atoms with Crippen molar-refractivity contribution in [2.75, 3.05) is 33.4 Å². The summed E-state index contributed by atoms with van der Waals surface area (Å²) < 4.78 is 11.2. The van der Waals surface area contributed by atoms with Crippen LogP contribution in [-0.2, 0) is 0 Å². The number of hydrogen-bond donors (Lipinski definition) is 1. The van der Waals surface area contributed by atoms with Crippen molar-refractivity contribution in [3.05, 3.63) is 48.0 Å². The number of hydrogen-bond acceptors (Lipinski definition) is 6. The fourth-order valence-electron chi connectivity index (χ4n) is 3.75. The number of fused-ring (bicyclic) bond motifs is 3. The lowest BCUT2D eigenvalue weighted by Crippen LogP contribution is -2.42. The molecule has 2 aromatic rings. The molecule has 7 nitrogen and oxygen atoms in total. The lowest BCUT2D eigenvalue weighted by molar-refractivity contribution is 0.0438. The number of amides is 1. The van der Waals surface area contributed by atoms with E-state index in [4.69, 9.17) is 9.47 Å². The largest absolute Gasteiger partial charge is 0.497 e. The minimum atomic E-state index is -0.501. The summed E-state index contributed by atoms with van der Waals surface area (Å²) in [7, 11) is 1.61. The Bertz CT molecular complexity index is 798. The molecule has 2 aliphatic rings. The van der Waals surface area contributed by atoms with Gasteiger partial charge in [-0.1, -0.05) is 6.07 Å². The van der Waals surface area contributed by atoms with Gasteiger partial charge in [-0.2, -0.15) is 0 Å². The number of carbonyl (C=O) groups is 1. The van der Waals surface area contributed by atoms with Crippen LogP contribution in [0.5, 0.6) is 11.5 Å². The molecular weight excluding hydrogens is 322 g/mol. The second kappa shape index (κ2) is 6.00. The summed E-state index contributed by atoms with van der Waals surface area (Å²) in [6.45, 7) is 1.25. The molecule has 130 valence electrons. The van der Waals surface area contributed by atoms with Crippen molar-refractivity contribution in [1.82, 2.24) is 14.9 Å². The SMILES string of the molecule is COc1ccc2c(c1)OC[C@]1(CO)CN(C(=O)c3cnccn3)C[C@H]21. The van der Waals surface area contributed by atoms with Gasteiger partial charge in [0.1, 0.15) is 17.2 Å². The molecule has 1 amide bonds. The van der Waals surface area contributed by atoms with Crippen molar-refractivity contribution < 1.29 is 19.4 Å². The summed E-state index contributed by atoms with van der Waals surface area (Å²) >= 11 is 0. The number of aliphatic hydroxyl groups excluding tert-OH is 1. The molecule has 1 aromatic carbocycles. The lowest BCUT2D eigenvalue weighted by Gasteiger charge is -2.37. The fraction of sp³-hybridized carbons (Fsp3) is 0.389. The number of benzene rings is 1. The summed E-state index contributed by atoms with van der Waals surface area (Å²) in [5.41, 5.74) is 0.806. The molecule has 0 unspecified atom stereocenters. The molecule has 2 aliphatic heterocycles. The number of likely N-dealkylation sites (tertiary alicyclic amines) is 1. The Morgan fingerprint density at radius 3 is 3.08 bits per heavy atom. The maximum absolute atomic E-state index is 12.7. The minimum absolute atomic E-state index is 0.00720. The Hall–Kier alpha value is -2.67. The van der Waals surface area contributed by atoms with E-state index in [2.05, 4.69) is 9.97 Å². The average Bonchev–Trinajstić information content (AvgIpc) is 3.08. The summed E-state index contributed by atoms with van der Waals surface area (Å²) in [5, 5.41) is 10.1. The zero-order valence-corrected chi connectivity index (χ0v) is 13.9. The van der Waals surface area contributed by atoms with Crippen LogP contribution >= 0.6 is 0 Å². The second-order valence-corrected chi connectivity index (χ2v) is 6.54. The molecule has 0 aliphatic carbocycles. The molecule has 4 rings (SSSR count). The maximum atomic E-state index is 12.7. The molecule has 1 aromatic heterocycles. The molecule has 7 heteroatoms. The van der Waals surface area contributed by atoms with Crippen LogP contribution in [0.1, 0.15) is 22.0 Å². The Balaban J connectivity index is 1.67. The van der Waals surface area contributed by atoms with E-state index in [1.54, 1.807) is 12.0 Å². The van der Waals surface area contributed by atoms with E-state index in [0.717, 1.165) is 17.1 Å². The molecule has 1 N–H and O–H groups in total. The molecule has 0 saturated carbocycles. The summed E-state index contributed by atoms with van der Waals surface area (Å²) in [6, 6.07) is 5.69. The smallest absolute Gasteiger partial charge is 0.274 e. The van der Waals surface area contributed by atoms with E-state index in [-0.39, 0.29) is 18.4 Å². The predicted octanol–water partition coefficient (Wildman–Crippen LogP) is 1.10. The standard InChI is InChI=1S/C18H19N3O4/c1-24-12-2-3-13-14-8-21(17(23)15-7-19-4-5-20-15)9-18(14,10-22)11-25-16(13)6-12/h2-7,14,22H,8-11H2,1H3/t14-,18-/m1/s1. The fourth-order valence-corrected chi connectivity index (χ4v) is 3.75. The van der Waals surface area contributed by atoms with Crippen LogP contribution in [0.25, 0.3) is 0 Å². The van der Waals surface area contributed by atoms with E-state index in [1.165, 1.54) is 18.6 Å². The number of aliphatic hydroxyl groups is 1. The Morgan fingerprint density at radius 1 is 1.48 bits per heavy atom. The average molecular weight is 341 g/mol. The van der Waals surface area contributed by atoms with Gasteiger partial charge < -0.3 is 19.5 Å². The third-order valence-electron chi connectivity index (χ3n) is 5.14. The predicted molar refractivity (Wildman–Crippen MR) is 88.7 cm³/mol. The quantitative estimate of drug-likeness (QED) is 0.900. The summed E-state index contributed by atoms with van der Waals surface area (Å²) in [5.74, 6) is 1.31. The molecule has 2 atom stereocenters. The number of ether oxygens (including phenoxy) is 2. The Labute approximate surface area is 145 Å². The van der Waals surface area contributed by atoms with Gasteiger partial charge in [0.15, 0.2) is 0 Å². The molecule has 0 spiro atoms. The highest BCUT2D eigenvalue weighted by atomic mass is 16.5. The van der Waals surface area contributed by atoms with Crippen LogP contribution in [0, 0.1) is 5.41 Å². The highest BCUT2D eigenvalue weighted by Crippen LogP contribution is 2.50. The van der Waals surface area contributed by atoms with Crippen molar-refractivity contribution in [1.29, 1.82) is 0 Å². The maximum Gasteiger partial charge on any atom is 0.274 e. The van der Waals surface area contributed by atoms with Crippen molar-refractivity contribution in [3.8, 4) is 11.5 Å². The molecule has 25 heavy (non-hydrogen) atoms. The van der Waals surface area contributed by atoms with Crippen molar-refractivity contribution in [3.63, 3.8) is 0 Å². The second-order valence-electron chi connectivity index (χ2n) is 6.54. The zero-order valence-electron chi connectivity index (χ0n) is 13.9. The van der Waals surface area contributed by atoms with Crippen molar-refractivity contribution in [2.24, 2.45) is 5.41 Å². The molecule has 0 bridgehead atoms. The van der Waals surface area contributed by atoms with Gasteiger partial charge in [0.2, 0.25) is 0 Å². The van der Waals surface area contributed by atoms with Crippen molar-refractivity contribution >= 4 is 5.91 Å². The number of aromatic nitrogens is 2. The van der Waals surface area contributed by atoms with E-state index in [0.29, 0.717) is 25.4 Å². The first kappa shape index (κ1) is 15.8. The van der Waals surface area contributed by atoms with Crippen LogP contribution < -0.4 is 9.47 Å². The van der Waals surface area contributed by atoms with E-state index in [9.17, 15) is 9.90 Å². The van der Waals surface area contributed by atoms with Crippen LogP contribution in [0.4, 0.5) is 0 Å². The highest BCUT2D eigenvalue weighted by Gasteiger charge is 2.52. The first-order valence-corrected chi connectivity index (χ1v) is 8.14. The van der Waals surface area contributed by atoms with Gasteiger partial charge in [-0.05, 0) is 6.07 Å². The van der Waals surface area contributed by atoms with Gasteiger partial charge in [-0.15, -0.1) is 0 Å². The molecule has 1 fully saturated rings. The highest BCUT2D eigenvalue weighted by molar-refractivity contribution is 5.92. The van der Waals surface area contributed by atoms with Crippen LogP contribution in [0.15, 0.2) is 36.8 Å². The van der Waals surface area contributed by atoms with Gasteiger partial charge in [0.05, 0.1) is 31.9 Å². The number of rotatable bonds is 3. The monoisotopic (exact) mass is 341 g/mol.